The number of anilines is 1. The Labute approximate surface area is 234 Å². The van der Waals surface area contributed by atoms with E-state index in [2.05, 4.69) is 25.9 Å². The third kappa shape index (κ3) is 6.44. The van der Waals surface area contributed by atoms with Gasteiger partial charge >= 0.3 is 0 Å². The van der Waals surface area contributed by atoms with Crippen LogP contribution in [-0.4, -0.2) is 38.2 Å². The van der Waals surface area contributed by atoms with Gasteiger partial charge in [-0.15, -0.1) is 5.10 Å². The van der Waals surface area contributed by atoms with Crippen molar-refractivity contribution in [3.05, 3.63) is 102 Å². The van der Waals surface area contributed by atoms with Gasteiger partial charge in [-0.05, 0) is 62.4 Å². The van der Waals surface area contributed by atoms with Crippen LogP contribution in [0.4, 0.5) is 10.1 Å². The van der Waals surface area contributed by atoms with E-state index in [1.165, 1.54) is 30.5 Å². The zero-order valence-electron chi connectivity index (χ0n) is 21.7. The molecule has 1 aliphatic heterocycles. The molecule has 0 spiro atoms. The summed E-state index contributed by atoms with van der Waals surface area (Å²) in [7, 11) is 0. The highest BCUT2D eigenvalue weighted by Gasteiger charge is 2.32. The fraction of sp³-hybridized carbons (Fsp3) is 0.138. The predicted octanol–water partition coefficient (Wildman–Crippen LogP) is 5.37. The van der Waals surface area contributed by atoms with Crippen molar-refractivity contribution >= 4 is 40.6 Å². The van der Waals surface area contributed by atoms with Crippen LogP contribution in [0, 0.1) is 19.7 Å². The van der Waals surface area contributed by atoms with E-state index in [1.807, 2.05) is 61.5 Å². The van der Waals surface area contributed by atoms with Crippen molar-refractivity contribution in [2.75, 3.05) is 5.32 Å². The first-order chi connectivity index (χ1) is 19.4. The lowest BCUT2D eigenvalue weighted by atomic mass is 10.2. The summed E-state index contributed by atoms with van der Waals surface area (Å²) in [6.07, 6.45) is 1.48. The minimum atomic E-state index is -0.626. The molecule has 2 heterocycles. The largest absolute Gasteiger partial charge is 0.438 e. The zero-order valence-corrected chi connectivity index (χ0v) is 22.5. The van der Waals surface area contributed by atoms with E-state index in [0.717, 1.165) is 23.0 Å². The van der Waals surface area contributed by atoms with Crippen LogP contribution in [0.25, 0.3) is 5.69 Å². The van der Waals surface area contributed by atoms with Crippen molar-refractivity contribution in [1.29, 1.82) is 0 Å². The normalized spacial score (nSPS) is 15.9. The third-order valence-corrected chi connectivity index (χ3v) is 6.98. The summed E-state index contributed by atoms with van der Waals surface area (Å²) >= 11 is 1.14. The molecular weight excluding hydrogens is 531 g/mol. The monoisotopic (exact) mass is 556 g/mol. The lowest BCUT2D eigenvalue weighted by molar-refractivity contribution is -0.122. The highest BCUT2D eigenvalue weighted by Crippen LogP contribution is 2.30. The van der Waals surface area contributed by atoms with Crippen LogP contribution in [0.5, 0.6) is 11.6 Å². The number of hydrogen-bond acceptors (Lipinski definition) is 7. The number of amides is 2. The quantitative estimate of drug-likeness (QED) is 0.224. The number of hydrogen-bond donors (Lipinski definition) is 2. The molecule has 1 aromatic heterocycles. The van der Waals surface area contributed by atoms with Gasteiger partial charge in [-0.3, -0.25) is 9.59 Å². The number of nitrogens with one attached hydrogen (secondary N) is 2. The van der Waals surface area contributed by atoms with E-state index >= 15 is 0 Å². The third-order valence-electron chi connectivity index (χ3n) is 5.91. The average molecular weight is 557 g/mol. The number of carbonyl (C=O) groups is 2. The Morgan fingerprint density at radius 3 is 2.55 bits per heavy atom. The van der Waals surface area contributed by atoms with E-state index < -0.39 is 5.25 Å². The summed E-state index contributed by atoms with van der Waals surface area (Å²) in [6.45, 7) is 3.77. The minimum Gasteiger partial charge on any atom is -0.438 e. The standard InChI is InChI=1S/C29H25FN6O3S/c1-18-8-12-21(13-9-18)32-26(37)16-25-27(38)33-29(40-25)34-31-17-24-19(2)35-36(22-6-4-3-5-7-22)28(24)39-23-14-10-20(30)11-15-23/h3-15,17,25H,16H2,1-2H3,(H,32,37)(H,33,34,38)/b31-17+/t25-/m0/s1. The number of thioether (sulfide) groups is 1. The summed E-state index contributed by atoms with van der Waals surface area (Å²) < 4.78 is 21.2. The van der Waals surface area contributed by atoms with E-state index in [0.29, 0.717) is 28.6 Å². The van der Waals surface area contributed by atoms with Crippen molar-refractivity contribution in [2.45, 2.75) is 25.5 Å². The molecule has 202 valence electrons. The molecule has 0 aliphatic carbocycles. The Kier molecular flexibility index (Phi) is 8.02. The molecule has 2 amide bonds. The first kappa shape index (κ1) is 26.8. The zero-order chi connectivity index (χ0) is 28.1. The summed E-state index contributed by atoms with van der Waals surface area (Å²) in [6, 6.07) is 22.5. The lowest BCUT2D eigenvalue weighted by Gasteiger charge is -2.10. The second-order valence-corrected chi connectivity index (χ2v) is 10.2. The maximum Gasteiger partial charge on any atom is 0.240 e. The first-order valence-electron chi connectivity index (χ1n) is 12.4. The maximum absolute atomic E-state index is 13.4. The Bertz CT molecular complexity index is 1580. The van der Waals surface area contributed by atoms with Gasteiger partial charge in [0.05, 0.1) is 23.2 Å². The highest BCUT2D eigenvalue weighted by molar-refractivity contribution is 8.15. The van der Waals surface area contributed by atoms with Gasteiger partial charge in [0.15, 0.2) is 5.17 Å². The number of benzene rings is 3. The number of halogens is 1. The van der Waals surface area contributed by atoms with E-state index in [-0.39, 0.29) is 29.2 Å². The fourth-order valence-electron chi connectivity index (χ4n) is 3.87. The van der Waals surface area contributed by atoms with Gasteiger partial charge in [0.1, 0.15) is 16.8 Å². The number of aromatic nitrogens is 2. The van der Waals surface area contributed by atoms with Crippen molar-refractivity contribution in [1.82, 2.24) is 15.1 Å². The number of nitrogens with zero attached hydrogens (tertiary/aromatic N) is 4. The van der Waals surface area contributed by atoms with Gasteiger partial charge in [0.25, 0.3) is 0 Å². The number of amidine groups is 1. The molecule has 40 heavy (non-hydrogen) atoms. The Balaban J connectivity index is 1.32. The molecule has 5 rings (SSSR count). The van der Waals surface area contributed by atoms with Crippen LogP contribution >= 0.6 is 11.8 Å². The van der Waals surface area contributed by atoms with Gasteiger partial charge in [-0.25, -0.2) is 4.39 Å². The number of ether oxygens (including phenoxy) is 1. The molecule has 0 unspecified atom stereocenters. The van der Waals surface area contributed by atoms with Crippen molar-refractivity contribution in [2.24, 2.45) is 10.2 Å². The summed E-state index contributed by atoms with van der Waals surface area (Å²) in [5, 5.41) is 18.0. The van der Waals surface area contributed by atoms with Crippen LogP contribution in [0.2, 0.25) is 0 Å². The van der Waals surface area contributed by atoms with E-state index in [9.17, 15) is 14.0 Å². The average Bonchev–Trinajstić information content (AvgIpc) is 3.45. The van der Waals surface area contributed by atoms with Gasteiger partial charge in [-0.2, -0.15) is 14.9 Å². The van der Waals surface area contributed by atoms with Crippen LogP contribution in [-0.2, 0) is 9.59 Å². The second-order valence-electron chi connectivity index (χ2n) is 8.97. The predicted molar refractivity (Wildman–Crippen MR) is 154 cm³/mol. The van der Waals surface area contributed by atoms with E-state index in [1.54, 1.807) is 11.6 Å². The molecule has 1 aliphatic rings. The molecule has 1 fully saturated rings. The number of para-hydroxylation sites is 1. The molecule has 3 aromatic carbocycles. The second kappa shape index (κ2) is 12.0. The van der Waals surface area contributed by atoms with Crippen molar-refractivity contribution in [3.8, 4) is 17.3 Å². The van der Waals surface area contributed by atoms with Gasteiger partial charge in [0.2, 0.25) is 17.7 Å². The van der Waals surface area contributed by atoms with Crippen LogP contribution in [0.3, 0.4) is 0 Å². The highest BCUT2D eigenvalue weighted by atomic mass is 32.2. The maximum atomic E-state index is 13.4. The molecular formula is C29H25FN6O3S. The first-order valence-corrected chi connectivity index (χ1v) is 13.3. The Morgan fingerprint density at radius 1 is 1.10 bits per heavy atom. The topological polar surface area (TPSA) is 110 Å². The summed E-state index contributed by atoms with van der Waals surface area (Å²) in [5.74, 6) is -0.170. The van der Waals surface area contributed by atoms with Gasteiger partial charge in [0, 0.05) is 12.1 Å². The van der Waals surface area contributed by atoms with Crippen LogP contribution in [0.15, 0.2) is 89.1 Å². The molecule has 9 nitrogen and oxygen atoms in total. The molecule has 0 bridgehead atoms. The smallest absolute Gasteiger partial charge is 0.240 e. The number of carbonyl (C=O) groups excluding carboxylic acids is 2. The van der Waals surface area contributed by atoms with Crippen molar-refractivity contribution < 1.29 is 18.7 Å². The van der Waals surface area contributed by atoms with Gasteiger partial charge in [-0.1, -0.05) is 47.7 Å². The van der Waals surface area contributed by atoms with Crippen LogP contribution < -0.4 is 15.4 Å². The van der Waals surface area contributed by atoms with Crippen molar-refractivity contribution in [3.63, 3.8) is 0 Å². The minimum absolute atomic E-state index is 0.00821. The summed E-state index contributed by atoms with van der Waals surface area (Å²) in [4.78, 5) is 24.9. The van der Waals surface area contributed by atoms with Gasteiger partial charge < -0.3 is 15.4 Å². The molecule has 4 aromatic rings. The molecule has 1 saturated heterocycles. The number of aryl methyl sites for hydroxylation is 2. The fourth-order valence-corrected chi connectivity index (χ4v) is 4.79. The molecule has 2 N–H and O–H groups in total. The van der Waals surface area contributed by atoms with E-state index in [4.69, 9.17) is 4.74 Å². The molecule has 1 atom stereocenters. The Hall–Kier alpha value is -4.77. The molecule has 0 radical (unpaired) electrons. The SMILES string of the molecule is Cc1ccc(NC(=O)C[C@@H]2S/C(=N\N=C\c3c(C)nn(-c4ccccc4)c3Oc3ccc(F)cc3)NC2=O)cc1. The Morgan fingerprint density at radius 2 is 1.82 bits per heavy atom. The molecule has 0 saturated carbocycles. The van der Waals surface area contributed by atoms with Crippen LogP contribution in [0.1, 0.15) is 23.2 Å². The molecule has 11 heteroatoms. The lowest BCUT2D eigenvalue weighted by Crippen LogP contribution is -2.28. The summed E-state index contributed by atoms with van der Waals surface area (Å²) in [5.41, 5.74) is 3.70. The number of rotatable bonds is 8.